The minimum atomic E-state index is -0.0280. The molecular weight excluding hydrogens is 352 g/mol. The summed E-state index contributed by atoms with van der Waals surface area (Å²) in [7, 11) is 0. The second-order valence-corrected chi connectivity index (χ2v) is 6.56. The standard InChI is InChI=1S/C19H20N4O2.C3H8/c1-13(2)25-18-8-15(5-6-17(18)24)16-11-21-12-19(23-16)22-10-14-4-3-7-20-9-14;1-3-2/h3-9,11-13,24H,10H2,1-2H3,(H,22,23);3H2,1-2H3. The van der Waals surface area contributed by atoms with E-state index >= 15 is 0 Å². The SMILES string of the molecule is CC(C)Oc1cc(-c2cncc(NCc3cccnc3)n2)ccc1O.CCC. The monoisotopic (exact) mass is 380 g/mol. The summed E-state index contributed by atoms with van der Waals surface area (Å²) in [6.45, 7) is 8.69. The summed E-state index contributed by atoms with van der Waals surface area (Å²) in [6.07, 6.45) is 8.12. The Balaban J connectivity index is 0.000000878. The van der Waals surface area contributed by atoms with Crippen molar-refractivity contribution < 1.29 is 9.84 Å². The Kier molecular flexibility index (Phi) is 8.21. The zero-order valence-corrected chi connectivity index (χ0v) is 16.9. The Morgan fingerprint density at radius 1 is 1.07 bits per heavy atom. The molecule has 0 aliphatic heterocycles. The molecule has 6 nitrogen and oxygen atoms in total. The van der Waals surface area contributed by atoms with Gasteiger partial charge in [0.25, 0.3) is 0 Å². The number of hydrogen-bond donors (Lipinski definition) is 2. The van der Waals surface area contributed by atoms with Crippen LogP contribution in [0.3, 0.4) is 0 Å². The van der Waals surface area contributed by atoms with Crippen LogP contribution in [-0.2, 0) is 6.54 Å². The van der Waals surface area contributed by atoms with Crippen LogP contribution in [0.15, 0.2) is 55.1 Å². The molecule has 2 heterocycles. The molecule has 0 unspecified atom stereocenters. The maximum Gasteiger partial charge on any atom is 0.161 e. The summed E-state index contributed by atoms with van der Waals surface area (Å²) in [5, 5.41) is 13.2. The van der Waals surface area contributed by atoms with Crippen molar-refractivity contribution in [2.45, 2.75) is 46.8 Å². The fraction of sp³-hybridized carbons (Fsp3) is 0.318. The van der Waals surface area contributed by atoms with Gasteiger partial charge in [-0.2, -0.15) is 0 Å². The Bertz CT molecular complexity index is 854. The molecule has 148 valence electrons. The molecule has 0 spiro atoms. The van der Waals surface area contributed by atoms with E-state index in [1.54, 1.807) is 43.0 Å². The van der Waals surface area contributed by atoms with Gasteiger partial charge in [-0.25, -0.2) is 4.98 Å². The molecule has 0 radical (unpaired) electrons. The quantitative estimate of drug-likeness (QED) is 0.622. The highest BCUT2D eigenvalue weighted by molar-refractivity contribution is 5.64. The molecule has 3 rings (SSSR count). The van der Waals surface area contributed by atoms with Crippen LogP contribution in [0.4, 0.5) is 5.82 Å². The zero-order valence-electron chi connectivity index (χ0n) is 16.9. The van der Waals surface area contributed by atoms with Gasteiger partial charge in [-0.05, 0) is 43.7 Å². The number of hydrogen-bond acceptors (Lipinski definition) is 6. The number of phenolic OH excluding ortho intramolecular Hbond substituents is 1. The molecule has 3 aromatic rings. The van der Waals surface area contributed by atoms with E-state index < -0.39 is 0 Å². The van der Waals surface area contributed by atoms with Gasteiger partial charge in [0, 0.05) is 24.5 Å². The molecule has 0 saturated heterocycles. The van der Waals surface area contributed by atoms with Gasteiger partial charge in [-0.3, -0.25) is 9.97 Å². The minimum Gasteiger partial charge on any atom is -0.504 e. The van der Waals surface area contributed by atoms with Crippen molar-refractivity contribution in [1.82, 2.24) is 15.0 Å². The summed E-state index contributed by atoms with van der Waals surface area (Å²) in [5.74, 6) is 1.21. The van der Waals surface area contributed by atoms with Crippen LogP contribution in [-0.4, -0.2) is 26.2 Å². The largest absolute Gasteiger partial charge is 0.504 e. The highest BCUT2D eigenvalue weighted by atomic mass is 16.5. The first-order valence-corrected chi connectivity index (χ1v) is 9.48. The van der Waals surface area contributed by atoms with Gasteiger partial charge < -0.3 is 15.2 Å². The van der Waals surface area contributed by atoms with Gasteiger partial charge in [0.05, 0.1) is 24.2 Å². The average Bonchev–Trinajstić information content (AvgIpc) is 2.69. The maximum absolute atomic E-state index is 9.92. The molecule has 0 amide bonds. The highest BCUT2D eigenvalue weighted by Crippen LogP contribution is 2.31. The third-order valence-corrected chi connectivity index (χ3v) is 3.45. The summed E-state index contributed by atoms with van der Waals surface area (Å²) in [5.41, 5.74) is 2.59. The van der Waals surface area contributed by atoms with Crippen molar-refractivity contribution in [3.63, 3.8) is 0 Å². The van der Waals surface area contributed by atoms with E-state index in [1.165, 1.54) is 6.42 Å². The Hall–Kier alpha value is -3.15. The van der Waals surface area contributed by atoms with Crippen LogP contribution in [0.5, 0.6) is 11.5 Å². The van der Waals surface area contributed by atoms with E-state index in [9.17, 15) is 5.11 Å². The number of aromatic nitrogens is 3. The number of aromatic hydroxyl groups is 1. The molecule has 28 heavy (non-hydrogen) atoms. The molecule has 1 aromatic carbocycles. The lowest BCUT2D eigenvalue weighted by molar-refractivity contribution is 0.232. The molecule has 2 aromatic heterocycles. The number of rotatable bonds is 6. The lowest BCUT2D eigenvalue weighted by atomic mass is 10.1. The first-order valence-electron chi connectivity index (χ1n) is 9.48. The smallest absolute Gasteiger partial charge is 0.161 e. The van der Waals surface area contributed by atoms with Crippen molar-refractivity contribution in [3.05, 3.63) is 60.7 Å². The number of anilines is 1. The predicted molar refractivity (Wildman–Crippen MR) is 112 cm³/mol. The molecule has 2 N–H and O–H groups in total. The highest BCUT2D eigenvalue weighted by Gasteiger charge is 2.09. The van der Waals surface area contributed by atoms with E-state index in [0.29, 0.717) is 23.8 Å². The van der Waals surface area contributed by atoms with Crippen LogP contribution in [0, 0.1) is 0 Å². The fourth-order valence-electron chi connectivity index (χ4n) is 2.31. The van der Waals surface area contributed by atoms with Gasteiger partial charge in [0.1, 0.15) is 5.82 Å². The minimum absolute atomic E-state index is 0.0280. The normalized spacial score (nSPS) is 10.2. The number of ether oxygens (including phenoxy) is 1. The summed E-state index contributed by atoms with van der Waals surface area (Å²) in [4.78, 5) is 12.9. The molecule has 0 aliphatic rings. The summed E-state index contributed by atoms with van der Waals surface area (Å²) >= 11 is 0. The second kappa shape index (κ2) is 10.9. The molecular formula is C22H28N4O2. The van der Waals surface area contributed by atoms with Crippen molar-refractivity contribution in [3.8, 4) is 22.8 Å². The van der Waals surface area contributed by atoms with Crippen LogP contribution < -0.4 is 10.1 Å². The molecule has 0 aliphatic carbocycles. The van der Waals surface area contributed by atoms with Crippen molar-refractivity contribution in [2.24, 2.45) is 0 Å². The molecule has 6 heteroatoms. The van der Waals surface area contributed by atoms with Crippen molar-refractivity contribution >= 4 is 5.82 Å². The molecule has 0 bridgehead atoms. The Morgan fingerprint density at radius 2 is 1.86 bits per heavy atom. The average molecular weight is 380 g/mol. The van der Waals surface area contributed by atoms with Crippen molar-refractivity contribution in [1.29, 1.82) is 0 Å². The lowest BCUT2D eigenvalue weighted by Crippen LogP contribution is -2.06. The Morgan fingerprint density at radius 3 is 2.54 bits per heavy atom. The number of nitrogens with zero attached hydrogens (tertiary/aromatic N) is 3. The van der Waals surface area contributed by atoms with E-state index in [4.69, 9.17) is 4.74 Å². The maximum atomic E-state index is 9.92. The number of nitrogens with one attached hydrogen (secondary N) is 1. The van der Waals surface area contributed by atoms with Crippen LogP contribution >= 0.6 is 0 Å². The third kappa shape index (κ3) is 6.54. The fourth-order valence-corrected chi connectivity index (χ4v) is 2.31. The van der Waals surface area contributed by atoms with Crippen LogP contribution in [0.1, 0.15) is 39.7 Å². The zero-order chi connectivity index (χ0) is 20.4. The van der Waals surface area contributed by atoms with Crippen LogP contribution in [0.2, 0.25) is 0 Å². The molecule has 0 saturated carbocycles. The first-order chi connectivity index (χ1) is 13.5. The van der Waals surface area contributed by atoms with Gasteiger partial charge in [-0.15, -0.1) is 0 Å². The Labute approximate surface area is 166 Å². The van der Waals surface area contributed by atoms with E-state index in [-0.39, 0.29) is 11.9 Å². The predicted octanol–water partition coefficient (Wildman–Crippen LogP) is 5.06. The first kappa shape index (κ1) is 21.2. The third-order valence-electron chi connectivity index (χ3n) is 3.45. The number of pyridine rings is 1. The molecule has 0 atom stereocenters. The molecule has 0 fully saturated rings. The second-order valence-electron chi connectivity index (χ2n) is 6.56. The topological polar surface area (TPSA) is 80.2 Å². The summed E-state index contributed by atoms with van der Waals surface area (Å²) in [6, 6.07) is 9.05. The lowest BCUT2D eigenvalue weighted by Gasteiger charge is -2.13. The van der Waals surface area contributed by atoms with E-state index in [1.807, 2.05) is 26.0 Å². The number of benzene rings is 1. The summed E-state index contributed by atoms with van der Waals surface area (Å²) < 4.78 is 5.62. The number of phenols is 1. The van der Waals surface area contributed by atoms with Gasteiger partial charge >= 0.3 is 0 Å². The van der Waals surface area contributed by atoms with Gasteiger partial charge in [-0.1, -0.05) is 26.3 Å². The van der Waals surface area contributed by atoms with E-state index in [2.05, 4.69) is 34.1 Å². The van der Waals surface area contributed by atoms with E-state index in [0.717, 1.165) is 11.1 Å². The van der Waals surface area contributed by atoms with Gasteiger partial charge in [0.2, 0.25) is 0 Å². The van der Waals surface area contributed by atoms with Gasteiger partial charge in [0.15, 0.2) is 11.5 Å². The van der Waals surface area contributed by atoms with Crippen LogP contribution in [0.25, 0.3) is 11.3 Å². The van der Waals surface area contributed by atoms with Crippen molar-refractivity contribution in [2.75, 3.05) is 5.32 Å².